The zero-order valence-electron chi connectivity index (χ0n) is 16.7. The largest absolute Gasteiger partial charge is 0.355 e. The molecule has 1 unspecified atom stereocenters. The van der Waals surface area contributed by atoms with Crippen LogP contribution in [0.4, 0.5) is 5.82 Å². The fourth-order valence-electron chi connectivity index (χ4n) is 4.44. The lowest BCUT2D eigenvalue weighted by molar-refractivity contribution is 0.181. The molecule has 1 atom stereocenters. The van der Waals surface area contributed by atoms with E-state index in [4.69, 9.17) is 9.97 Å². The molecular weight excluding hydrogens is 334 g/mol. The van der Waals surface area contributed by atoms with E-state index in [1.54, 1.807) is 0 Å². The maximum atomic E-state index is 4.96. The van der Waals surface area contributed by atoms with Crippen molar-refractivity contribution in [1.82, 2.24) is 19.9 Å². The van der Waals surface area contributed by atoms with Gasteiger partial charge in [0, 0.05) is 36.6 Å². The van der Waals surface area contributed by atoms with Crippen molar-refractivity contribution in [2.75, 3.05) is 31.1 Å². The second kappa shape index (κ2) is 8.34. The Bertz CT molecular complexity index is 753. The number of hydrogen-bond donors (Lipinski definition) is 0. The summed E-state index contributed by atoms with van der Waals surface area (Å²) in [5.74, 6) is 1.84. The Labute approximate surface area is 162 Å². The minimum Gasteiger partial charge on any atom is -0.355 e. The number of aryl methyl sites for hydroxylation is 1. The Morgan fingerprint density at radius 3 is 2.48 bits per heavy atom. The smallest absolute Gasteiger partial charge is 0.180 e. The van der Waals surface area contributed by atoms with E-state index in [0.717, 1.165) is 36.1 Å². The monoisotopic (exact) mass is 365 g/mol. The Hall–Kier alpha value is -2.01. The number of likely N-dealkylation sites (tertiary alicyclic amines) is 1. The lowest BCUT2D eigenvalue weighted by Crippen LogP contribution is -2.48. The molecule has 0 N–H and O–H groups in total. The zero-order valence-corrected chi connectivity index (χ0v) is 16.7. The first-order chi connectivity index (χ1) is 13.2. The van der Waals surface area contributed by atoms with E-state index in [2.05, 4.69) is 28.6 Å². The van der Waals surface area contributed by atoms with Crippen LogP contribution < -0.4 is 4.90 Å². The second-order valence-corrected chi connectivity index (χ2v) is 7.99. The van der Waals surface area contributed by atoms with Gasteiger partial charge in [-0.25, -0.2) is 9.97 Å². The van der Waals surface area contributed by atoms with E-state index >= 15 is 0 Å². The molecule has 4 heterocycles. The van der Waals surface area contributed by atoms with Crippen LogP contribution >= 0.6 is 0 Å². The van der Waals surface area contributed by atoms with Crippen LogP contribution in [0.2, 0.25) is 0 Å². The van der Waals surface area contributed by atoms with E-state index < -0.39 is 0 Å². The normalized spacial score (nSPS) is 21.9. The maximum absolute atomic E-state index is 4.96. The highest BCUT2D eigenvalue weighted by Gasteiger charge is 2.28. The summed E-state index contributed by atoms with van der Waals surface area (Å²) in [6, 6.07) is 6.58. The predicted octanol–water partition coefficient (Wildman–Crippen LogP) is 4.00. The Morgan fingerprint density at radius 2 is 1.74 bits per heavy atom. The molecule has 2 fully saturated rings. The molecule has 0 bridgehead atoms. The van der Waals surface area contributed by atoms with Crippen LogP contribution in [0.25, 0.3) is 11.5 Å². The number of anilines is 1. The molecule has 5 heteroatoms. The average molecular weight is 366 g/mol. The summed E-state index contributed by atoms with van der Waals surface area (Å²) in [5, 5.41) is 0. The van der Waals surface area contributed by atoms with E-state index in [1.165, 1.54) is 57.2 Å². The molecule has 2 aliphatic rings. The number of nitrogens with zero attached hydrogens (tertiary/aromatic N) is 5. The van der Waals surface area contributed by atoms with Crippen molar-refractivity contribution in [3.8, 4) is 11.5 Å². The molecule has 5 nitrogen and oxygen atoms in total. The highest BCUT2D eigenvalue weighted by atomic mass is 15.3. The topological polar surface area (TPSA) is 45.2 Å². The van der Waals surface area contributed by atoms with Crippen molar-refractivity contribution < 1.29 is 0 Å². The van der Waals surface area contributed by atoms with Crippen LogP contribution in [-0.4, -0.2) is 52.1 Å². The standard InChI is InChI=1S/C22H31N5/c1-17-18(2)24-21(20-11-5-6-12-23-20)25-22(17)27-15-9-10-19(16-27)26-13-7-3-4-8-14-26/h5-6,11-12,19H,3-4,7-10,13-16H2,1-2H3. The van der Waals surface area contributed by atoms with E-state index in [1.807, 2.05) is 24.4 Å². The third kappa shape index (κ3) is 4.13. The number of rotatable bonds is 3. The van der Waals surface area contributed by atoms with E-state index in [-0.39, 0.29) is 0 Å². The van der Waals surface area contributed by atoms with E-state index in [0.29, 0.717) is 6.04 Å². The third-order valence-electron chi connectivity index (χ3n) is 6.11. The summed E-state index contributed by atoms with van der Waals surface area (Å²) >= 11 is 0. The Morgan fingerprint density at radius 1 is 0.926 bits per heavy atom. The fourth-order valence-corrected chi connectivity index (χ4v) is 4.44. The van der Waals surface area contributed by atoms with Gasteiger partial charge in [-0.15, -0.1) is 0 Å². The first-order valence-corrected chi connectivity index (χ1v) is 10.5. The van der Waals surface area contributed by atoms with Crippen molar-refractivity contribution in [3.05, 3.63) is 35.7 Å². The summed E-state index contributed by atoms with van der Waals surface area (Å²) in [7, 11) is 0. The van der Waals surface area contributed by atoms with Gasteiger partial charge in [0.25, 0.3) is 0 Å². The number of aromatic nitrogens is 3. The maximum Gasteiger partial charge on any atom is 0.180 e. The van der Waals surface area contributed by atoms with Crippen LogP contribution in [0.5, 0.6) is 0 Å². The van der Waals surface area contributed by atoms with Gasteiger partial charge in [0.1, 0.15) is 11.5 Å². The summed E-state index contributed by atoms with van der Waals surface area (Å²) in [4.78, 5) is 19.4. The van der Waals surface area contributed by atoms with Crippen LogP contribution in [-0.2, 0) is 0 Å². The molecule has 27 heavy (non-hydrogen) atoms. The van der Waals surface area contributed by atoms with Crippen molar-refractivity contribution in [3.63, 3.8) is 0 Å². The van der Waals surface area contributed by atoms with Crippen molar-refractivity contribution in [1.29, 1.82) is 0 Å². The summed E-state index contributed by atoms with van der Waals surface area (Å²) in [6.45, 7) is 8.94. The zero-order chi connectivity index (χ0) is 18.6. The Kier molecular flexibility index (Phi) is 5.67. The molecule has 2 aromatic heterocycles. The van der Waals surface area contributed by atoms with Gasteiger partial charge in [-0.1, -0.05) is 18.9 Å². The summed E-state index contributed by atoms with van der Waals surface area (Å²) in [6.07, 6.45) is 9.85. The number of hydrogen-bond acceptors (Lipinski definition) is 5. The lowest BCUT2D eigenvalue weighted by Gasteiger charge is -2.40. The molecule has 0 aliphatic carbocycles. The van der Waals surface area contributed by atoms with Crippen LogP contribution in [0.15, 0.2) is 24.4 Å². The molecule has 2 aliphatic heterocycles. The van der Waals surface area contributed by atoms with Crippen LogP contribution in [0, 0.1) is 13.8 Å². The number of pyridine rings is 1. The van der Waals surface area contributed by atoms with Crippen molar-refractivity contribution in [2.24, 2.45) is 0 Å². The van der Waals surface area contributed by atoms with Gasteiger partial charge in [-0.3, -0.25) is 9.88 Å². The van der Waals surface area contributed by atoms with Crippen molar-refractivity contribution >= 4 is 5.82 Å². The van der Waals surface area contributed by atoms with Gasteiger partial charge in [-0.2, -0.15) is 0 Å². The van der Waals surface area contributed by atoms with Gasteiger partial charge in [0.15, 0.2) is 5.82 Å². The molecule has 0 spiro atoms. The van der Waals surface area contributed by atoms with E-state index in [9.17, 15) is 0 Å². The molecule has 2 aromatic rings. The lowest BCUT2D eigenvalue weighted by atomic mass is 10.0. The molecule has 4 rings (SSSR count). The second-order valence-electron chi connectivity index (χ2n) is 7.99. The third-order valence-corrected chi connectivity index (χ3v) is 6.11. The van der Waals surface area contributed by atoms with Gasteiger partial charge in [0.05, 0.1) is 0 Å². The summed E-state index contributed by atoms with van der Waals surface area (Å²) in [5.41, 5.74) is 3.10. The summed E-state index contributed by atoms with van der Waals surface area (Å²) < 4.78 is 0. The van der Waals surface area contributed by atoms with Crippen LogP contribution in [0.1, 0.15) is 49.8 Å². The molecule has 2 saturated heterocycles. The molecule has 0 aromatic carbocycles. The highest BCUT2D eigenvalue weighted by molar-refractivity contribution is 5.57. The van der Waals surface area contributed by atoms with Gasteiger partial charge in [0.2, 0.25) is 0 Å². The minimum atomic E-state index is 0.657. The quantitative estimate of drug-likeness (QED) is 0.823. The SMILES string of the molecule is Cc1nc(-c2ccccn2)nc(N2CCCC(N3CCCCCC3)C2)c1C. The van der Waals surface area contributed by atoms with Crippen LogP contribution in [0.3, 0.4) is 0 Å². The van der Waals surface area contributed by atoms with Gasteiger partial charge in [-0.05, 0) is 64.8 Å². The first-order valence-electron chi connectivity index (χ1n) is 10.5. The first kappa shape index (κ1) is 18.4. The van der Waals surface area contributed by atoms with Gasteiger partial charge >= 0.3 is 0 Å². The predicted molar refractivity (Wildman–Crippen MR) is 110 cm³/mol. The molecule has 0 amide bonds. The highest BCUT2D eigenvalue weighted by Crippen LogP contribution is 2.28. The molecular formula is C22H31N5. The van der Waals surface area contributed by atoms with Crippen molar-refractivity contribution in [2.45, 2.75) is 58.4 Å². The molecule has 0 radical (unpaired) electrons. The minimum absolute atomic E-state index is 0.657. The van der Waals surface area contributed by atoms with Gasteiger partial charge < -0.3 is 4.90 Å². The Balaban J connectivity index is 1.59. The average Bonchev–Trinajstić information content (AvgIpc) is 3.00. The number of piperidine rings is 1. The fraction of sp³-hybridized carbons (Fsp3) is 0.591. The molecule has 0 saturated carbocycles. The molecule has 144 valence electrons.